The van der Waals surface area contributed by atoms with Gasteiger partial charge in [-0.2, -0.15) is 0 Å². The third kappa shape index (κ3) is 5.30. The number of amides is 2. The van der Waals surface area contributed by atoms with E-state index in [1.54, 1.807) is 13.8 Å². The molecule has 17 heavy (non-hydrogen) atoms. The van der Waals surface area contributed by atoms with Crippen molar-refractivity contribution in [2.24, 2.45) is 5.73 Å². The number of carboxylic acid groups (broad SMARTS) is 1. The maximum absolute atomic E-state index is 11.8. The predicted molar refractivity (Wildman–Crippen MR) is 61.1 cm³/mol. The first kappa shape index (κ1) is 15.4. The van der Waals surface area contributed by atoms with Crippen LogP contribution in [0.25, 0.3) is 0 Å². The lowest BCUT2D eigenvalue weighted by atomic mass is 10.0. The Morgan fingerprint density at radius 3 is 2.24 bits per heavy atom. The third-order valence-corrected chi connectivity index (χ3v) is 2.20. The third-order valence-electron chi connectivity index (χ3n) is 2.20. The number of hydrogen-bond donors (Lipinski definition) is 4. The molecule has 0 spiro atoms. The van der Waals surface area contributed by atoms with Crippen LogP contribution < -0.4 is 16.4 Å². The van der Waals surface area contributed by atoms with Gasteiger partial charge in [-0.15, -0.1) is 0 Å². The van der Waals surface area contributed by atoms with Gasteiger partial charge in [0.15, 0.2) is 0 Å². The highest BCUT2D eigenvalue weighted by Gasteiger charge is 2.31. The zero-order chi connectivity index (χ0) is 13.6. The molecular formula is C10H19N3O4. The van der Waals surface area contributed by atoms with E-state index in [2.05, 4.69) is 10.6 Å². The highest BCUT2D eigenvalue weighted by Crippen LogP contribution is 2.03. The first-order chi connectivity index (χ1) is 7.70. The van der Waals surface area contributed by atoms with Gasteiger partial charge in [-0.25, -0.2) is 4.79 Å². The maximum atomic E-state index is 11.8. The lowest BCUT2D eigenvalue weighted by molar-refractivity contribution is -0.144. The fraction of sp³-hybridized carbons (Fsp3) is 0.700. The molecule has 5 N–H and O–H groups in total. The van der Waals surface area contributed by atoms with Crippen LogP contribution in [0.5, 0.6) is 0 Å². The van der Waals surface area contributed by atoms with Crippen molar-refractivity contribution in [2.45, 2.75) is 38.8 Å². The molecule has 0 aliphatic carbocycles. The molecule has 0 fully saturated rings. The molecule has 1 atom stereocenters. The summed E-state index contributed by atoms with van der Waals surface area (Å²) in [7, 11) is 0. The lowest BCUT2D eigenvalue weighted by Crippen LogP contribution is -2.56. The summed E-state index contributed by atoms with van der Waals surface area (Å²) in [5.74, 6) is -2.56. The Labute approximate surface area is 99.7 Å². The number of nitrogens with two attached hydrogens (primary N) is 1. The number of hydrogen-bond acceptors (Lipinski definition) is 4. The van der Waals surface area contributed by atoms with Crippen molar-refractivity contribution in [1.82, 2.24) is 10.6 Å². The van der Waals surface area contributed by atoms with E-state index in [1.807, 2.05) is 6.92 Å². The van der Waals surface area contributed by atoms with E-state index >= 15 is 0 Å². The topological polar surface area (TPSA) is 122 Å². The average molecular weight is 245 g/mol. The molecule has 0 rings (SSSR count). The summed E-state index contributed by atoms with van der Waals surface area (Å²) in [6.45, 7) is 5.63. The van der Waals surface area contributed by atoms with Gasteiger partial charge in [0.05, 0.1) is 12.0 Å². The Morgan fingerprint density at radius 1 is 1.35 bits per heavy atom. The van der Waals surface area contributed by atoms with Crippen molar-refractivity contribution in [2.75, 3.05) is 6.54 Å². The van der Waals surface area contributed by atoms with Crippen LogP contribution in [0.15, 0.2) is 0 Å². The van der Waals surface area contributed by atoms with Gasteiger partial charge < -0.3 is 21.5 Å². The first-order valence-electron chi connectivity index (χ1n) is 5.27. The Balaban J connectivity index is 4.60. The Hall–Kier alpha value is -1.63. The van der Waals surface area contributed by atoms with Gasteiger partial charge in [0, 0.05) is 0 Å². The monoisotopic (exact) mass is 245 g/mol. The highest BCUT2D eigenvalue weighted by atomic mass is 16.4. The van der Waals surface area contributed by atoms with E-state index in [9.17, 15) is 14.4 Å². The summed E-state index contributed by atoms with van der Waals surface area (Å²) in [4.78, 5) is 33.2. The van der Waals surface area contributed by atoms with Crippen LogP contribution in [-0.4, -0.2) is 41.0 Å². The summed E-state index contributed by atoms with van der Waals surface area (Å²) in [5.41, 5.74) is 4.00. The van der Waals surface area contributed by atoms with Gasteiger partial charge in [-0.3, -0.25) is 9.59 Å². The van der Waals surface area contributed by atoms with Crippen molar-refractivity contribution in [3.8, 4) is 0 Å². The van der Waals surface area contributed by atoms with Crippen LogP contribution in [0.4, 0.5) is 0 Å². The van der Waals surface area contributed by atoms with Crippen molar-refractivity contribution >= 4 is 17.8 Å². The molecule has 7 heteroatoms. The SMILES string of the molecule is CCNC(C)(C)C(=O)NC(CC(N)=O)C(=O)O. The van der Waals surface area contributed by atoms with E-state index in [1.165, 1.54) is 0 Å². The van der Waals surface area contributed by atoms with Crippen LogP contribution >= 0.6 is 0 Å². The standard InChI is InChI=1S/C10H19N3O4/c1-4-12-10(2,3)9(17)13-6(8(15)16)5-7(11)14/h6,12H,4-5H2,1-3H3,(H2,11,14)(H,13,17)(H,15,16). The molecule has 2 amide bonds. The summed E-state index contributed by atoms with van der Waals surface area (Å²) >= 11 is 0. The summed E-state index contributed by atoms with van der Waals surface area (Å²) in [6, 6.07) is -1.29. The van der Waals surface area contributed by atoms with Crippen LogP contribution in [0.2, 0.25) is 0 Å². The molecule has 0 bridgehead atoms. The number of carbonyl (C=O) groups excluding carboxylic acids is 2. The van der Waals surface area contributed by atoms with E-state index in [0.717, 1.165) is 0 Å². The number of carbonyl (C=O) groups is 3. The molecule has 0 radical (unpaired) electrons. The average Bonchev–Trinajstić information content (AvgIpc) is 2.15. The second-order valence-corrected chi connectivity index (χ2v) is 4.19. The normalized spacial score (nSPS) is 12.9. The molecule has 0 aromatic carbocycles. The number of rotatable bonds is 7. The van der Waals surface area contributed by atoms with Crippen molar-refractivity contribution in [3.05, 3.63) is 0 Å². The van der Waals surface area contributed by atoms with Gasteiger partial charge in [0.2, 0.25) is 11.8 Å². The van der Waals surface area contributed by atoms with Crippen LogP contribution in [-0.2, 0) is 14.4 Å². The smallest absolute Gasteiger partial charge is 0.326 e. The molecule has 0 aromatic heterocycles. The summed E-state index contributed by atoms with van der Waals surface area (Å²) in [5, 5.41) is 14.0. The van der Waals surface area contributed by atoms with E-state index in [-0.39, 0.29) is 0 Å². The second kappa shape index (κ2) is 6.19. The molecule has 0 saturated carbocycles. The fourth-order valence-corrected chi connectivity index (χ4v) is 1.26. The molecule has 0 aliphatic heterocycles. The summed E-state index contributed by atoms with van der Waals surface area (Å²) in [6.07, 6.45) is -0.427. The lowest BCUT2D eigenvalue weighted by Gasteiger charge is -2.26. The van der Waals surface area contributed by atoms with Gasteiger partial charge in [0.25, 0.3) is 0 Å². The Morgan fingerprint density at radius 2 is 1.88 bits per heavy atom. The molecular weight excluding hydrogens is 226 g/mol. The van der Waals surface area contributed by atoms with Crippen molar-refractivity contribution < 1.29 is 19.5 Å². The molecule has 0 aliphatic rings. The predicted octanol–water partition coefficient (Wildman–Crippen LogP) is -1.18. The second-order valence-electron chi connectivity index (χ2n) is 4.19. The minimum atomic E-state index is -1.29. The largest absolute Gasteiger partial charge is 0.480 e. The molecule has 0 aromatic rings. The number of carboxylic acids is 1. The minimum absolute atomic E-state index is 0.427. The first-order valence-corrected chi connectivity index (χ1v) is 5.27. The van der Waals surface area contributed by atoms with Gasteiger partial charge >= 0.3 is 5.97 Å². The molecule has 0 saturated heterocycles. The zero-order valence-electron chi connectivity index (χ0n) is 10.2. The van der Waals surface area contributed by atoms with Crippen molar-refractivity contribution in [3.63, 3.8) is 0 Å². The van der Waals surface area contributed by atoms with Gasteiger partial charge in [0.1, 0.15) is 6.04 Å². The summed E-state index contributed by atoms with van der Waals surface area (Å²) < 4.78 is 0. The van der Waals surface area contributed by atoms with E-state index < -0.39 is 35.8 Å². The van der Waals surface area contributed by atoms with Crippen LogP contribution in [0.3, 0.4) is 0 Å². The number of nitrogens with one attached hydrogen (secondary N) is 2. The van der Waals surface area contributed by atoms with Crippen molar-refractivity contribution in [1.29, 1.82) is 0 Å². The Bertz CT molecular complexity index is 315. The maximum Gasteiger partial charge on any atom is 0.326 e. The molecule has 1 unspecified atom stereocenters. The zero-order valence-corrected chi connectivity index (χ0v) is 10.2. The number of likely N-dealkylation sites (N-methyl/N-ethyl adjacent to an activating group) is 1. The molecule has 98 valence electrons. The number of primary amides is 1. The highest BCUT2D eigenvalue weighted by molar-refractivity contribution is 5.91. The molecule has 7 nitrogen and oxygen atoms in total. The fourth-order valence-electron chi connectivity index (χ4n) is 1.26. The van der Waals surface area contributed by atoms with Gasteiger partial charge in [-0.1, -0.05) is 6.92 Å². The number of aliphatic carboxylic acids is 1. The van der Waals surface area contributed by atoms with E-state index in [0.29, 0.717) is 6.54 Å². The molecule has 0 heterocycles. The minimum Gasteiger partial charge on any atom is -0.480 e. The Kier molecular flexibility index (Phi) is 5.60. The van der Waals surface area contributed by atoms with Crippen LogP contribution in [0.1, 0.15) is 27.2 Å². The van der Waals surface area contributed by atoms with Gasteiger partial charge in [-0.05, 0) is 20.4 Å². The van der Waals surface area contributed by atoms with Crippen LogP contribution in [0, 0.1) is 0 Å². The van der Waals surface area contributed by atoms with E-state index in [4.69, 9.17) is 10.8 Å². The quantitative estimate of drug-likeness (QED) is 0.450.